The van der Waals surface area contributed by atoms with Crippen LogP contribution in [0.5, 0.6) is 0 Å². The zero-order chi connectivity index (χ0) is 14.9. The molecule has 20 heavy (non-hydrogen) atoms. The lowest BCUT2D eigenvalue weighted by Gasteiger charge is -2.36. The monoisotopic (exact) mass is 280 g/mol. The summed E-state index contributed by atoms with van der Waals surface area (Å²) in [5, 5.41) is 31.9. The van der Waals surface area contributed by atoms with Crippen molar-refractivity contribution in [2.24, 2.45) is 11.8 Å². The molecule has 1 saturated heterocycles. The van der Waals surface area contributed by atoms with Crippen LogP contribution in [0.3, 0.4) is 0 Å². The third-order valence-electron chi connectivity index (χ3n) is 4.99. The number of hydrogen-bond donors (Lipinski definition) is 3. The van der Waals surface area contributed by atoms with Crippen LogP contribution in [0.1, 0.15) is 26.7 Å². The number of esters is 1. The molecule has 1 aliphatic heterocycles. The number of fused-ring (bicyclic) bond motifs is 2. The lowest BCUT2D eigenvalue weighted by atomic mass is 9.76. The van der Waals surface area contributed by atoms with Crippen molar-refractivity contribution in [3.05, 3.63) is 23.8 Å². The van der Waals surface area contributed by atoms with E-state index in [-0.39, 0.29) is 12.0 Å². The second-order valence-corrected chi connectivity index (χ2v) is 6.66. The third-order valence-corrected chi connectivity index (χ3v) is 4.99. The summed E-state index contributed by atoms with van der Waals surface area (Å²) in [6, 6.07) is 0. The SMILES string of the molecule is C=C1C(=O)O[C@H]2C[C@@](C)(O)C3=CC[C@](C)(O)[C@@H]3[C@@H](O)[C@H]12. The predicted octanol–water partition coefficient (Wildman–Crippen LogP) is 0.297. The van der Waals surface area contributed by atoms with E-state index in [1.807, 2.05) is 0 Å². The van der Waals surface area contributed by atoms with Crippen LogP contribution >= 0.6 is 0 Å². The van der Waals surface area contributed by atoms with Gasteiger partial charge in [-0.05, 0) is 25.8 Å². The van der Waals surface area contributed by atoms with E-state index in [0.717, 1.165) is 0 Å². The van der Waals surface area contributed by atoms with Crippen LogP contribution in [-0.4, -0.2) is 44.7 Å². The van der Waals surface area contributed by atoms with Gasteiger partial charge >= 0.3 is 5.97 Å². The maximum absolute atomic E-state index is 11.7. The fraction of sp³-hybridized carbons (Fsp3) is 0.667. The highest BCUT2D eigenvalue weighted by Gasteiger charge is 2.58. The highest BCUT2D eigenvalue weighted by atomic mass is 16.6. The van der Waals surface area contributed by atoms with E-state index in [4.69, 9.17) is 4.74 Å². The van der Waals surface area contributed by atoms with Crippen molar-refractivity contribution < 1.29 is 24.9 Å². The van der Waals surface area contributed by atoms with Gasteiger partial charge in [0, 0.05) is 17.9 Å². The van der Waals surface area contributed by atoms with Crippen LogP contribution < -0.4 is 0 Å². The summed E-state index contributed by atoms with van der Waals surface area (Å²) in [6.45, 7) is 6.98. The van der Waals surface area contributed by atoms with E-state index in [0.29, 0.717) is 12.0 Å². The second-order valence-electron chi connectivity index (χ2n) is 6.66. The average molecular weight is 280 g/mol. The summed E-state index contributed by atoms with van der Waals surface area (Å²) >= 11 is 0. The maximum Gasteiger partial charge on any atom is 0.334 e. The van der Waals surface area contributed by atoms with E-state index in [1.165, 1.54) is 0 Å². The van der Waals surface area contributed by atoms with Gasteiger partial charge < -0.3 is 20.1 Å². The third kappa shape index (κ3) is 1.70. The van der Waals surface area contributed by atoms with Gasteiger partial charge in [0.2, 0.25) is 0 Å². The zero-order valence-electron chi connectivity index (χ0n) is 11.7. The first kappa shape index (κ1) is 13.8. The molecule has 0 aromatic rings. The molecule has 0 aromatic heterocycles. The Morgan fingerprint density at radius 2 is 2.05 bits per heavy atom. The molecule has 5 heteroatoms. The molecular formula is C15H20O5. The first-order valence-electron chi connectivity index (χ1n) is 6.88. The van der Waals surface area contributed by atoms with Crippen molar-refractivity contribution in [1.82, 2.24) is 0 Å². The standard InChI is InChI=1S/C15H20O5/c1-7-10-9(20-13(7)17)6-15(3,19)8-4-5-14(2,18)11(8)12(10)16/h4,9-12,16,18-19H,1,5-6H2,2-3H3/t9-,10+,11-,12-,14-,15+/m0/s1. The van der Waals surface area contributed by atoms with Crippen molar-refractivity contribution in [2.45, 2.75) is 50.1 Å². The summed E-state index contributed by atoms with van der Waals surface area (Å²) in [6.07, 6.45) is 0.787. The Kier molecular flexibility index (Phi) is 2.71. The first-order chi connectivity index (χ1) is 9.15. The Morgan fingerprint density at radius 1 is 1.40 bits per heavy atom. The smallest absolute Gasteiger partial charge is 0.334 e. The summed E-state index contributed by atoms with van der Waals surface area (Å²) < 4.78 is 5.23. The van der Waals surface area contributed by atoms with Gasteiger partial charge in [-0.3, -0.25) is 0 Å². The molecule has 5 nitrogen and oxygen atoms in total. The van der Waals surface area contributed by atoms with Crippen LogP contribution in [0, 0.1) is 11.8 Å². The molecular weight excluding hydrogens is 260 g/mol. The number of hydrogen-bond acceptors (Lipinski definition) is 5. The van der Waals surface area contributed by atoms with Crippen molar-refractivity contribution in [2.75, 3.05) is 0 Å². The predicted molar refractivity (Wildman–Crippen MR) is 70.6 cm³/mol. The fourth-order valence-corrected chi connectivity index (χ4v) is 3.97. The molecule has 0 amide bonds. The minimum atomic E-state index is -1.21. The summed E-state index contributed by atoms with van der Waals surface area (Å²) in [7, 11) is 0. The largest absolute Gasteiger partial charge is 0.458 e. The molecule has 6 atom stereocenters. The average Bonchev–Trinajstić information content (AvgIpc) is 2.73. The molecule has 0 aromatic carbocycles. The van der Waals surface area contributed by atoms with Crippen molar-refractivity contribution in [3.8, 4) is 0 Å². The normalized spacial score (nSPS) is 51.1. The molecule has 3 rings (SSSR count). The zero-order valence-corrected chi connectivity index (χ0v) is 11.7. The molecule has 0 spiro atoms. The van der Waals surface area contributed by atoms with Gasteiger partial charge in [-0.2, -0.15) is 0 Å². The first-order valence-corrected chi connectivity index (χ1v) is 6.88. The lowest BCUT2D eigenvalue weighted by Crippen LogP contribution is -2.45. The second kappa shape index (κ2) is 3.93. The lowest BCUT2D eigenvalue weighted by molar-refractivity contribution is -0.141. The van der Waals surface area contributed by atoms with E-state index >= 15 is 0 Å². The summed E-state index contributed by atoms with van der Waals surface area (Å²) in [5.41, 5.74) is -1.49. The molecule has 0 bridgehead atoms. The number of rotatable bonds is 0. The summed E-state index contributed by atoms with van der Waals surface area (Å²) in [5.74, 6) is -1.71. The Labute approximate surface area is 117 Å². The van der Waals surface area contributed by atoms with Crippen molar-refractivity contribution >= 4 is 5.97 Å². The molecule has 1 saturated carbocycles. The number of carbonyl (C=O) groups excluding carboxylic acids is 1. The quantitative estimate of drug-likeness (QED) is 0.337. The van der Waals surface area contributed by atoms with Crippen molar-refractivity contribution in [1.29, 1.82) is 0 Å². The molecule has 0 radical (unpaired) electrons. The van der Waals surface area contributed by atoms with Gasteiger partial charge in [0.1, 0.15) is 6.10 Å². The Hall–Kier alpha value is -1.17. The highest BCUT2D eigenvalue weighted by molar-refractivity contribution is 5.91. The molecule has 0 unspecified atom stereocenters. The van der Waals surface area contributed by atoms with Gasteiger partial charge in [-0.15, -0.1) is 0 Å². The molecule has 2 aliphatic carbocycles. The minimum absolute atomic E-state index is 0.206. The Balaban J connectivity index is 2.09. The molecule has 3 N–H and O–H groups in total. The van der Waals surface area contributed by atoms with Crippen molar-refractivity contribution in [3.63, 3.8) is 0 Å². The van der Waals surface area contributed by atoms with Gasteiger partial charge in [-0.1, -0.05) is 12.7 Å². The number of aliphatic hydroxyl groups is 3. The minimum Gasteiger partial charge on any atom is -0.458 e. The molecule has 3 aliphatic rings. The number of carbonyl (C=O) groups is 1. The fourth-order valence-electron chi connectivity index (χ4n) is 3.97. The van der Waals surface area contributed by atoms with Gasteiger partial charge in [-0.25, -0.2) is 4.79 Å². The Morgan fingerprint density at radius 3 is 2.70 bits per heavy atom. The maximum atomic E-state index is 11.7. The summed E-state index contributed by atoms with van der Waals surface area (Å²) in [4.78, 5) is 11.7. The highest BCUT2D eigenvalue weighted by Crippen LogP contribution is 2.51. The number of aliphatic hydroxyl groups excluding tert-OH is 1. The molecule has 2 fully saturated rings. The van der Waals surface area contributed by atoms with Crippen LogP contribution in [0.4, 0.5) is 0 Å². The van der Waals surface area contributed by atoms with E-state index in [2.05, 4.69) is 6.58 Å². The topological polar surface area (TPSA) is 87.0 Å². The van der Waals surface area contributed by atoms with Gasteiger partial charge in [0.15, 0.2) is 0 Å². The van der Waals surface area contributed by atoms with Crippen LogP contribution in [0.2, 0.25) is 0 Å². The van der Waals surface area contributed by atoms with Gasteiger partial charge in [0.25, 0.3) is 0 Å². The van der Waals surface area contributed by atoms with Crippen LogP contribution in [0.25, 0.3) is 0 Å². The van der Waals surface area contributed by atoms with Gasteiger partial charge in [0.05, 0.1) is 23.2 Å². The molecule has 1 heterocycles. The molecule has 110 valence electrons. The Bertz CT molecular complexity index is 516. The van der Waals surface area contributed by atoms with Crippen LogP contribution in [-0.2, 0) is 9.53 Å². The van der Waals surface area contributed by atoms with E-state index in [1.54, 1.807) is 19.9 Å². The van der Waals surface area contributed by atoms with E-state index in [9.17, 15) is 20.1 Å². The number of ether oxygens (including phenoxy) is 1. The van der Waals surface area contributed by atoms with E-state index < -0.39 is 41.2 Å². The van der Waals surface area contributed by atoms with Crippen LogP contribution in [0.15, 0.2) is 23.8 Å².